The smallest absolute Gasteiger partial charge is 0.174 e. The highest BCUT2D eigenvalue weighted by Crippen LogP contribution is 2.45. The molecule has 0 spiro atoms. The van der Waals surface area contributed by atoms with E-state index in [0.29, 0.717) is 10.8 Å². The molecule has 1 aliphatic heterocycles. The average Bonchev–Trinajstić information content (AvgIpc) is 3.32. The topological polar surface area (TPSA) is 53.3 Å². The minimum absolute atomic E-state index is 0.166. The fraction of sp³-hybridized carbons (Fsp3) is 0.214. The van der Waals surface area contributed by atoms with Crippen molar-refractivity contribution in [3.63, 3.8) is 0 Å². The van der Waals surface area contributed by atoms with Gasteiger partial charge in [0.25, 0.3) is 0 Å². The van der Waals surface area contributed by atoms with E-state index in [1.807, 2.05) is 41.3 Å². The Balaban J connectivity index is 1.72. The Bertz CT molecular complexity index is 1380. The van der Waals surface area contributed by atoms with Crippen LogP contribution in [0.2, 0.25) is 0 Å². The van der Waals surface area contributed by atoms with Gasteiger partial charge in [0.05, 0.1) is 23.5 Å². The summed E-state index contributed by atoms with van der Waals surface area (Å²) >= 11 is 5.82. The number of benzene rings is 2. The molecule has 1 aliphatic rings. The largest absolute Gasteiger partial charge is 0.506 e. The van der Waals surface area contributed by atoms with Gasteiger partial charge in [0.15, 0.2) is 5.11 Å². The van der Waals surface area contributed by atoms with Crippen LogP contribution in [0.25, 0.3) is 5.69 Å². The number of rotatable bonds is 4. The van der Waals surface area contributed by atoms with E-state index in [-0.39, 0.29) is 17.8 Å². The molecule has 1 saturated heterocycles. The molecule has 172 valence electrons. The van der Waals surface area contributed by atoms with Crippen LogP contribution in [-0.2, 0) is 0 Å². The van der Waals surface area contributed by atoms with Gasteiger partial charge in [-0.05, 0) is 93.0 Å². The zero-order valence-corrected chi connectivity index (χ0v) is 20.6. The van der Waals surface area contributed by atoms with Crippen LogP contribution in [0, 0.1) is 27.7 Å². The highest BCUT2D eigenvalue weighted by Gasteiger charge is 2.43. The number of pyridine rings is 1. The number of thiocarbonyl (C=S) groups is 1. The first-order valence-electron chi connectivity index (χ1n) is 11.4. The van der Waals surface area contributed by atoms with Crippen molar-refractivity contribution in [3.8, 4) is 11.4 Å². The summed E-state index contributed by atoms with van der Waals surface area (Å²) in [5.41, 5.74) is 8.72. The van der Waals surface area contributed by atoms with Crippen LogP contribution in [0.1, 0.15) is 45.9 Å². The Morgan fingerprint density at radius 2 is 1.65 bits per heavy atom. The molecule has 0 bridgehead atoms. The van der Waals surface area contributed by atoms with Crippen molar-refractivity contribution < 1.29 is 5.11 Å². The summed E-state index contributed by atoms with van der Waals surface area (Å²) < 4.78 is 2.32. The number of phenols is 1. The average molecular weight is 469 g/mol. The second-order valence-corrected chi connectivity index (χ2v) is 9.25. The second-order valence-electron chi connectivity index (χ2n) is 8.87. The molecule has 0 radical (unpaired) electrons. The molecule has 2 aromatic carbocycles. The van der Waals surface area contributed by atoms with Crippen LogP contribution in [-0.4, -0.2) is 19.8 Å². The maximum Gasteiger partial charge on any atom is 0.174 e. The van der Waals surface area contributed by atoms with Crippen LogP contribution >= 0.6 is 12.2 Å². The number of aromatic nitrogens is 2. The summed E-state index contributed by atoms with van der Waals surface area (Å²) in [7, 11) is 0. The molecule has 0 saturated carbocycles. The lowest BCUT2D eigenvalue weighted by molar-refractivity contribution is 0.472. The quantitative estimate of drug-likeness (QED) is 0.361. The molecule has 2 N–H and O–H groups in total. The van der Waals surface area contributed by atoms with Gasteiger partial charge >= 0.3 is 0 Å². The first-order valence-corrected chi connectivity index (χ1v) is 11.8. The predicted octanol–water partition coefficient (Wildman–Crippen LogP) is 5.99. The molecule has 0 aliphatic carbocycles. The van der Waals surface area contributed by atoms with E-state index in [1.165, 1.54) is 16.8 Å². The number of hydrogen-bond donors (Lipinski definition) is 2. The van der Waals surface area contributed by atoms with Crippen LogP contribution in [0.5, 0.6) is 5.75 Å². The van der Waals surface area contributed by atoms with Gasteiger partial charge in [0, 0.05) is 23.3 Å². The highest BCUT2D eigenvalue weighted by atomic mass is 32.1. The number of anilines is 1. The van der Waals surface area contributed by atoms with E-state index in [4.69, 9.17) is 12.2 Å². The molecular weight excluding hydrogens is 440 g/mol. The van der Waals surface area contributed by atoms with Gasteiger partial charge in [-0.3, -0.25) is 4.98 Å². The minimum atomic E-state index is -0.180. The SMILES string of the molecule is Cc1cccc(-n2c(C)cc([C@@H]3[C@H](c4ccccn4)NC(=S)N3c3ccccc3O)c2C)c1C. The number of aryl methyl sites for hydroxylation is 2. The number of nitrogens with one attached hydrogen (secondary N) is 1. The summed E-state index contributed by atoms with van der Waals surface area (Å²) in [5, 5.41) is 14.8. The third-order valence-corrected chi connectivity index (χ3v) is 7.16. The summed E-state index contributed by atoms with van der Waals surface area (Å²) in [4.78, 5) is 6.67. The molecule has 2 aromatic heterocycles. The molecule has 6 heteroatoms. The summed E-state index contributed by atoms with van der Waals surface area (Å²) in [5.74, 6) is 0.196. The monoisotopic (exact) mass is 468 g/mol. The van der Waals surface area contributed by atoms with Crippen molar-refractivity contribution in [1.29, 1.82) is 0 Å². The summed E-state index contributed by atoms with van der Waals surface area (Å²) in [6.45, 7) is 8.60. The van der Waals surface area contributed by atoms with E-state index in [0.717, 1.165) is 22.6 Å². The number of phenolic OH excluding ortho intramolecular Hbond substituents is 1. The first kappa shape index (κ1) is 22.2. The molecular formula is C28H28N4OS. The van der Waals surface area contributed by atoms with Crippen molar-refractivity contribution >= 4 is 23.0 Å². The normalized spacial score (nSPS) is 17.8. The minimum Gasteiger partial charge on any atom is -0.506 e. The lowest BCUT2D eigenvalue weighted by Crippen LogP contribution is -2.29. The zero-order chi connectivity index (χ0) is 24.0. The van der Waals surface area contributed by atoms with E-state index < -0.39 is 0 Å². The van der Waals surface area contributed by atoms with Crippen molar-refractivity contribution in [2.45, 2.75) is 39.8 Å². The molecule has 5 rings (SSSR count). The lowest BCUT2D eigenvalue weighted by Gasteiger charge is -2.28. The Kier molecular flexibility index (Phi) is 5.62. The van der Waals surface area contributed by atoms with Crippen LogP contribution in [0.4, 0.5) is 5.69 Å². The van der Waals surface area contributed by atoms with E-state index >= 15 is 0 Å². The maximum absolute atomic E-state index is 10.7. The maximum atomic E-state index is 10.7. The molecule has 4 aromatic rings. The predicted molar refractivity (Wildman–Crippen MR) is 141 cm³/mol. The number of para-hydroxylation sites is 2. The Hall–Kier alpha value is -3.64. The van der Waals surface area contributed by atoms with Gasteiger partial charge in [-0.2, -0.15) is 0 Å². The van der Waals surface area contributed by atoms with Gasteiger partial charge in [-0.15, -0.1) is 0 Å². The summed E-state index contributed by atoms with van der Waals surface area (Å²) in [6.07, 6.45) is 1.80. The van der Waals surface area contributed by atoms with Crippen LogP contribution < -0.4 is 10.2 Å². The molecule has 0 amide bonds. The Labute approximate surface area is 205 Å². The second kappa shape index (κ2) is 8.61. The molecule has 0 unspecified atom stereocenters. The summed E-state index contributed by atoms with van der Waals surface area (Å²) in [6, 6.07) is 21.6. The van der Waals surface area contributed by atoms with E-state index in [1.54, 1.807) is 12.3 Å². The van der Waals surface area contributed by atoms with Gasteiger partial charge < -0.3 is 19.9 Å². The lowest BCUT2D eigenvalue weighted by atomic mass is 9.96. The first-order chi connectivity index (χ1) is 16.4. The number of aromatic hydroxyl groups is 1. The molecule has 1 fully saturated rings. The number of hydrogen-bond acceptors (Lipinski definition) is 3. The van der Waals surface area contributed by atoms with Crippen molar-refractivity contribution in [2.24, 2.45) is 0 Å². The Morgan fingerprint density at radius 3 is 2.38 bits per heavy atom. The Morgan fingerprint density at radius 1 is 0.912 bits per heavy atom. The fourth-order valence-electron chi connectivity index (χ4n) is 5.03. The zero-order valence-electron chi connectivity index (χ0n) is 19.8. The van der Waals surface area contributed by atoms with Crippen molar-refractivity contribution in [2.75, 3.05) is 4.90 Å². The third-order valence-electron chi connectivity index (χ3n) is 6.85. The highest BCUT2D eigenvalue weighted by molar-refractivity contribution is 7.80. The van der Waals surface area contributed by atoms with Gasteiger partial charge in [0.2, 0.25) is 0 Å². The van der Waals surface area contributed by atoms with Gasteiger partial charge in [0.1, 0.15) is 5.75 Å². The van der Waals surface area contributed by atoms with Gasteiger partial charge in [-0.1, -0.05) is 30.3 Å². The van der Waals surface area contributed by atoms with Crippen molar-refractivity contribution in [1.82, 2.24) is 14.9 Å². The molecule has 34 heavy (non-hydrogen) atoms. The van der Waals surface area contributed by atoms with Crippen LogP contribution in [0.3, 0.4) is 0 Å². The third kappa shape index (κ3) is 3.55. The molecule has 2 atom stereocenters. The van der Waals surface area contributed by atoms with Crippen LogP contribution in [0.15, 0.2) is 72.9 Å². The fourth-order valence-corrected chi connectivity index (χ4v) is 5.37. The molecule has 5 nitrogen and oxygen atoms in total. The van der Waals surface area contributed by atoms with E-state index in [2.05, 4.69) is 66.8 Å². The molecule has 3 heterocycles. The van der Waals surface area contributed by atoms with Crippen molar-refractivity contribution in [3.05, 3.63) is 107 Å². The number of nitrogens with zero attached hydrogens (tertiary/aromatic N) is 3. The van der Waals surface area contributed by atoms with E-state index in [9.17, 15) is 5.11 Å². The van der Waals surface area contributed by atoms with Gasteiger partial charge in [-0.25, -0.2) is 0 Å². The standard InChI is InChI=1S/C28H28N4OS/c1-17-10-9-13-23(19(17)3)31-18(2)16-21(20(31)4)27-26(22-11-7-8-15-29-22)30-28(34)32(27)24-12-5-6-14-25(24)33/h5-16,26-27,33H,1-4H3,(H,30,34)/t26-,27+/m0/s1.